The van der Waals surface area contributed by atoms with Gasteiger partial charge in [-0.05, 0) is 55.7 Å². The molecule has 0 bridgehead atoms. The molecule has 6 heteroatoms. The molecule has 1 aromatic heterocycles. The molecule has 1 fully saturated rings. The molecule has 1 N–H and O–H groups in total. The van der Waals surface area contributed by atoms with Crippen molar-refractivity contribution in [2.45, 2.75) is 64.5 Å². The quantitative estimate of drug-likeness (QED) is 0.520. The summed E-state index contributed by atoms with van der Waals surface area (Å²) in [5.74, 6) is -0.180. The van der Waals surface area contributed by atoms with Gasteiger partial charge in [0.25, 0.3) is 5.91 Å². The van der Waals surface area contributed by atoms with Crippen LogP contribution in [0.1, 0.15) is 72.3 Å². The molecule has 1 heterocycles. The highest BCUT2D eigenvalue weighted by atomic mass is 32.1. The number of hydrogen-bond acceptors (Lipinski definition) is 4. The van der Waals surface area contributed by atoms with Gasteiger partial charge in [-0.25, -0.2) is 0 Å². The average molecular weight is 443 g/mol. The SMILES string of the molecule is CCOCCCN(C(=O)c1cccs1)[C@@H](C(=O)NC1CCCCC1)c1ccccc1C. The fraction of sp³-hybridized carbons (Fsp3) is 0.520. The van der Waals surface area contributed by atoms with Crippen LogP contribution >= 0.6 is 11.3 Å². The van der Waals surface area contributed by atoms with Crippen molar-refractivity contribution < 1.29 is 14.3 Å². The number of nitrogens with zero attached hydrogens (tertiary/aromatic N) is 1. The van der Waals surface area contributed by atoms with E-state index in [0.29, 0.717) is 31.1 Å². The van der Waals surface area contributed by atoms with Crippen LogP contribution in [0, 0.1) is 6.92 Å². The van der Waals surface area contributed by atoms with E-state index < -0.39 is 6.04 Å². The fourth-order valence-electron chi connectivity index (χ4n) is 4.24. The van der Waals surface area contributed by atoms with Gasteiger partial charge >= 0.3 is 0 Å². The monoisotopic (exact) mass is 442 g/mol. The molecule has 1 aliphatic rings. The molecular weight excluding hydrogens is 408 g/mol. The van der Waals surface area contributed by atoms with Crippen molar-refractivity contribution in [3.63, 3.8) is 0 Å². The number of nitrogens with one attached hydrogen (secondary N) is 1. The first kappa shape index (κ1) is 23.5. The predicted molar refractivity (Wildman–Crippen MR) is 125 cm³/mol. The van der Waals surface area contributed by atoms with E-state index in [-0.39, 0.29) is 17.9 Å². The van der Waals surface area contributed by atoms with Gasteiger partial charge in [0.1, 0.15) is 6.04 Å². The van der Waals surface area contributed by atoms with Crippen molar-refractivity contribution in [3.05, 3.63) is 57.8 Å². The third kappa shape index (κ3) is 6.40. The van der Waals surface area contributed by atoms with Gasteiger partial charge in [0.15, 0.2) is 0 Å². The summed E-state index contributed by atoms with van der Waals surface area (Å²) < 4.78 is 5.51. The number of carbonyl (C=O) groups is 2. The van der Waals surface area contributed by atoms with Crippen LogP contribution < -0.4 is 5.32 Å². The van der Waals surface area contributed by atoms with Crippen LogP contribution in [-0.2, 0) is 9.53 Å². The van der Waals surface area contributed by atoms with Crippen LogP contribution in [0.15, 0.2) is 41.8 Å². The van der Waals surface area contributed by atoms with E-state index in [1.54, 1.807) is 4.90 Å². The van der Waals surface area contributed by atoms with Gasteiger partial charge in [-0.15, -0.1) is 11.3 Å². The Bertz CT molecular complexity index is 831. The third-order valence-electron chi connectivity index (χ3n) is 5.88. The summed E-state index contributed by atoms with van der Waals surface area (Å²) in [5, 5.41) is 5.17. The van der Waals surface area contributed by atoms with Gasteiger partial charge < -0.3 is 15.0 Å². The molecule has 3 rings (SSSR count). The number of thiophene rings is 1. The van der Waals surface area contributed by atoms with Crippen molar-refractivity contribution >= 4 is 23.2 Å². The number of ether oxygens (including phenoxy) is 1. The number of rotatable bonds is 10. The van der Waals surface area contributed by atoms with Gasteiger partial charge in [-0.2, -0.15) is 0 Å². The van der Waals surface area contributed by atoms with Crippen LogP contribution in [0.25, 0.3) is 0 Å². The largest absolute Gasteiger partial charge is 0.382 e. The van der Waals surface area contributed by atoms with Crippen LogP contribution in [0.4, 0.5) is 0 Å². The number of carbonyl (C=O) groups excluding carboxylic acids is 2. The normalized spacial score (nSPS) is 15.4. The highest BCUT2D eigenvalue weighted by Gasteiger charge is 2.34. The maximum absolute atomic E-state index is 13.6. The average Bonchev–Trinajstić information content (AvgIpc) is 3.32. The van der Waals surface area contributed by atoms with Crippen molar-refractivity contribution in [3.8, 4) is 0 Å². The maximum atomic E-state index is 13.6. The van der Waals surface area contributed by atoms with E-state index >= 15 is 0 Å². The summed E-state index contributed by atoms with van der Waals surface area (Å²) in [4.78, 5) is 29.5. The molecule has 1 aromatic carbocycles. The zero-order chi connectivity index (χ0) is 22.1. The van der Waals surface area contributed by atoms with E-state index in [4.69, 9.17) is 4.74 Å². The molecule has 0 unspecified atom stereocenters. The van der Waals surface area contributed by atoms with Crippen LogP contribution in [0.2, 0.25) is 0 Å². The van der Waals surface area contributed by atoms with E-state index in [2.05, 4.69) is 5.32 Å². The first-order chi connectivity index (χ1) is 15.1. The Balaban J connectivity index is 1.91. The smallest absolute Gasteiger partial charge is 0.264 e. The first-order valence-corrected chi connectivity index (χ1v) is 12.3. The maximum Gasteiger partial charge on any atom is 0.264 e. The number of aryl methyl sites for hydroxylation is 1. The molecule has 0 aliphatic heterocycles. The molecule has 0 saturated heterocycles. The fourth-order valence-corrected chi connectivity index (χ4v) is 4.92. The molecular formula is C25H34N2O3S. The Morgan fingerprint density at radius 2 is 1.94 bits per heavy atom. The van der Waals surface area contributed by atoms with Gasteiger partial charge in [0.2, 0.25) is 5.91 Å². The molecule has 0 spiro atoms. The minimum absolute atomic E-state index is 0.0810. The molecule has 1 saturated carbocycles. The summed E-state index contributed by atoms with van der Waals surface area (Å²) >= 11 is 1.41. The second-order valence-corrected chi connectivity index (χ2v) is 9.08. The Labute approximate surface area is 189 Å². The highest BCUT2D eigenvalue weighted by molar-refractivity contribution is 7.12. The van der Waals surface area contributed by atoms with Gasteiger partial charge in [-0.3, -0.25) is 9.59 Å². The minimum atomic E-state index is -0.653. The Kier molecular flexibility index (Phi) is 9.10. The third-order valence-corrected chi connectivity index (χ3v) is 6.74. The van der Waals surface area contributed by atoms with Gasteiger partial charge in [-0.1, -0.05) is 49.6 Å². The molecule has 1 aliphatic carbocycles. The molecule has 2 aromatic rings. The van der Waals surface area contributed by atoms with E-state index in [1.807, 2.05) is 55.6 Å². The zero-order valence-electron chi connectivity index (χ0n) is 18.6. The first-order valence-electron chi connectivity index (χ1n) is 11.4. The summed E-state index contributed by atoms with van der Waals surface area (Å²) in [6.07, 6.45) is 6.22. The van der Waals surface area contributed by atoms with Crippen molar-refractivity contribution in [2.75, 3.05) is 19.8 Å². The van der Waals surface area contributed by atoms with Gasteiger partial charge in [0, 0.05) is 25.8 Å². The Hall–Kier alpha value is -2.18. The second kappa shape index (κ2) is 12.0. The summed E-state index contributed by atoms with van der Waals surface area (Å²) in [6, 6.07) is 11.1. The van der Waals surface area contributed by atoms with E-state index in [1.165, 1.54) is 17.8 Å². The lowest BCUT2D eigenvalue weighted by Gasteiger charge is -2.34. The lowest BCUT2D eigenvalue weighted by Crippen LogP contribution is -2.47. The zero-order valence-corrected chi connectivity index (χ0v) is 19.5. The standard InChI is InChI=1S/C25H34N2O3S/c1-3-30-17-10-16-27(25(29)22-15-9-18-31-22)23(21-14-8-7-11-19(21)2)24(28)26-20-12-5-4-6-13-20/h7-9,11,14-15,18,20,23H,3-6,10,12-13,16-17H2,1-2H3,(H,26,28)/t23-/m1/s1. The van der Waals surface area contributed by atoms with Crippen molar-refractivity contribution in [1.29, 1.82) is 0 Å². The molecule has 0 radical (unpaired) electrons. The molecule has 5 nitrogen and oxygen atoms in total. The Morgan fingerprint density at radius 3 is 2.61 bits per heavy atom. The Morgan fingerprint density at radius 1 is 1.16 bits per heavy atom. The predicted octanol–water partition coefficient (Wildman–Crippen LogP) is 5.12. The lowest BCUT2D eigenvalue weighted by molar-refractivity contribution is -0.127. The van der Waals surface area contributed by atoms with Crippen LogP contribution in [0.5, 0.6) is 0 Å². The summed E-state index contributed by atoms with van der Waals surface area (Å²) in [5.41, 5.74) is 1.90. The number of hydrogen-bond donors (Lipinski definition) is 1. The second-order valence-electron chi connectivity index (χ2n) is 8.13. The lowest BCUT2D eigenvalue weighted by atomic mass is 9.94. The molecule has 2 amide bonds. The van der Waals surface area contributed by atoms with Gasteiger partial charge in [0.05, 0.1) is 4.88 Å². The van der Waals surface area contributed by atoms with Crippen molar-refractivity contribution in [2.24, 2.45) is 0 Å². The van der Waals surface area contributed by atoms with Crippen LogP contribution in [-0.4, -0.2) is 42.5 Å². The van der Waals surface area contributed by atoms with E-state index in [9.17, 15) is 9.59 Å². The topological polar surface area (TPSA) is 58.6 Å². The van der Waals surface area contributed by atoms with Crippen LogP contribution in [0.3, 0.4) is 0 Å². The molecule has 31 heavy (non-hydrogen) atoms. The number of amides is 2. The van der Waals surface area contributed by atoms with E-state index in [0.717, 1.165) is 36.8 Å². The summed E-state index contributed by atoms with van der Waals surface area (Å²) in [6.45, 7) is 5.64. The minimum Gasteiger partial charge on any atom is -0.382 e. The molecule has 168 valence electrons. The highest BCUT2D eigenvalue weighted by Crippen LogP contribution is 2.28. The summed E-state index contributed by atoms with van der Waals surface area (Å²) in [7, 11) is 0. The number of benzene rings is 1. The van der Waals surface area contributed by atoms with Crippen molar-refractivity contribution in [1.82, 2.24) is 10.2 Å². The molecule has 1 atom stereocenters.